The number of imidazole rings is 1. The van der Waals surface area contributed by atoms with Crippen LogP contribution in [0.5, 0.6) is 0 Å². The number of aromatic nitrogens is 5. The lowest BCUT2D eigenvalue weighted by molar-refractivity contribution is 0.523. The molecule has 0 amide bonds. The molecule has 0 unspecified atom stereocenters. The van der Waals surface area contributed by atoms with Gasteiger partial charge in [0.05, 0.1) is 22.9 Å². The van der Waals surface area contributed by atoms with Crippen LogP contribution in [0.3, 0.4) is 0 Å². The molecule has 0 aliphatic heterocycles. The van der Waals surface area contributed by atoms with Crippen molar-refractivity contribution in [3.8, 4) is 0 Å². The first-order valence-electron chi connectivity index (χ1n) is 15.2. The highest BCUT2D eigenvalue weighted by Crippen LogP contribution is 2.39. The minimum atomic E-state index is -0.0995. The van der Waals surface area contributed by atoms with E-state index in [1.807, 2.05) is 6.33 Å². The third-order valence-corrected chi connectivity index (χ3v) is 8.98. The Kier molecular flexibility index (Phi) is 6.45. The summed E-state index contributed by atoms with van der Waals surface area (Å²) in [6.07, 6.45) is 5.71. The minimum absolute atomic E-state index is 0.0190. The number of nitrogens with one attached hydrogen (secondary N) is 3. The highest BCUT2D eigenvalue weighted by atomic mass is 15.1. The molecule has 0 bridgehead atoms. The summed E-state index contributed by atoms with van der Waals surface area (Å²) >= 11 is 0. The van der Waals surface area contributed by atoms with Gasteiger partial charge in [0, 0.05) is 34.6 Å². The van der Waals surface area contributed by atoms with E-state index in [9.17, 15) is 0 Å². The molecule has 0 atom stereocenters. The van der Waals surface area contributed by atoms with Gasteiger partial charge in [-0.1, -0.05) is 79.7 Å². The zero-order chi connectivity index (χ0) is 30.2. The Hall–Kier alpha value is -3.86. The molecule has 0 radical (unpaired) electrons. The predicted molar refractivity (Wildman–Crippen MR) is 177 cm³/mol. The van der Waals surface area contributed by atoms with E-state index in [1.54, 1.807) is 0 Å². The number of aromatic amines is 3. The summed E-state index contributed by atoms with van der Waals surface area (Å²) in [7, 11) is 0. The lowest BCUT2D eigenvalue weighted by atomic mass is 9.75. The average molecular weight is 560 g/mol. The first-order chi connectivity index (χ1) is 19.6. The molecule has 0 aliphatic rings. The first kappa shape index (κ1) is 28.3. The second-order valence-electron chi connectivity index (χ2n) is 15.0. The summed E-state index contributed by atoms with van der Waals surface area (Å²) < 4.78 is 0. The molecular formula is C37H45N5. The fraction of sp³-hybridized carbons (Fsp3) is 0.405. The molecule has 3 N–H and O–H groups in total. The third-order valence-electron chi connectivity index (χ3n) is 8.98. The largest absolute Gasteiger partial charge is 0.361 e. The fourth-order valence-corrected chi connectivity index (χ4v) is 7.40. The van der Waals surface area contributed by atoms with Gasteiger partial charge in [-0.25, -0.2) is 4.98 Å². The van der Waals surface area contributed by atoms with Gasteiger partial charge in [-0.05, 0) is 87.6 Å². The average Bonchev–Trinajstić information content (AvgIpc) is 3.61. The molecular weight excluding hydrogens is 514 g/mol. The Balaban J connectivity index is 1.39. The molecule has 0 fully saturated rings. The van der Waals surface area contributed by atoms with Crippen molar-refractivity contribution in [2.45, 2.75) is 98.3 Å². The van der Waals surface area contributed by atoms with Crippen molar-refractivity contribution < 1.29 is 0 Å². The summed E-state index contributed by atoms with van der Waals surface area (Å²) in [4.78, 5) is 11.9. The van der Waals surface area contributed by atoms with Crippen LogP contribution in [0.4, 0.5) is 0 Å². The molecule has 3 aromatic carbocycles. The van der Waals surface area contributed by atoms with Crippen molar-refractivity contribution >= 4 is 32.8 Å². The number of hydrogen-bond donors (Lipinski definition) is 3. The molecule has 3 heterocycles. The lowest BCUT2D eigenvalue weighted by Gasteiger charge is -2.29. The van der Waals surface area contributed by atoms with E-state index in [0.717, 1.165) is 35.1 Å². The number of fused-ring (bicyclic) bond motifs is 3. The Morgan fingerprint density at radius 2 is 1.55 bits per heavy atom. The van der Waals surface area contributed by atoms with Gasteiger partial charge in [0.25, 0.3) is 0 Å². The highest BCUT2D eigenvalue weighted by molar-refractivity contribution is 5.89. The molecule has 6 rings (SSSR count). The van der Waals surface area contributed by atoms with E-state index < -0.39 is 0 Å². The Bertz CT molecular complexity index is 1950. The van der Waals surface area contributed by atoms with Gasteiger partial charge in [0.2, 0.25) is 0 Å². The monoisotopic (exact) mass is 559 g/mol. The van der Waals surface area contributed by atoms with Crippen LogP contribution in [-0.2, 0) is 29.1 Å². The van der Waals surface area contributed by atoms with Crippen molar-refractivity contribution in [3.05, 3.63) is 93.6 Å². The second kappa shape index (κ2) is 9.58. The molecule has 0 aliphatic carbocycles. The highest BCUT2D eigenvalue weighted by Gasteiger charge is 2.29. The maximum absolute atomic E-state index is 4.86. The topological polar surface area (TPSA) is 73.2 Å². The Morgan fingerprint density at radius 3 is 2.26 bits per heavy atom. The summed E-state index contributed by atoms with van der Waals surface area (Å²) in [6.45, 7) is 22.9. The molecule has 6 aromatic rings. The summed E-state index contributed by atoms with van der Waals surface area (Å²) in [5.41, 5.74) is 14.8. The van der Waals surface area contributed by atoms with E-state index >= 15 is 0 Å². The van der Waals surface area contributed by atoms with Crippen LogP contribution in [0.1, 0.15) is 100 Å². The van der Waals surface area contributed by atoms with E-state index in [2.05, 4.69) is 127 Å². The van der Waals surface area contributed by atoms with Gasteiger partial charge >= 0.3 is 0 Å². The molecule has 5 nitrogen and oxygen atoms in total. The zero-order valence-corrected chi connectivity index (χ0v) is 26.9. The molecule has 0 saturated carbocycles. The van der Waals surface area contributed by atoms with Crippen molar-refractivity contribution in [3.63, 3.8) is 0 Å². The molecule has 5 heteroatoms. The Labute approximate surface area is 249 Å². The van der Waals surface area contributed by atoms with E-state index in [1.165, 1.54) is 55.2 Å². The first-order valence-corrected chi connectivity index (χ1v) is 15.2. The van der Waals surface area contributed by atoms with Crippen LogP contribution in [0.25, 0.3) is 32.8 Å². The van der Waals surface area contributed by atoms with Gasteiger partial charge in [-0.15, -0.1) is 0 Å². The second-order valence-corrected chi connectivity index (χ2v) is 15.0. The number of nitrogens with zero attached hydrogens (tertiary/aromatic N) is 2. The Morgan fingerprint density at radius 1 is 0.786 bits per heavy atom. The maximum Gasteiger partial charge on any atom is 0.0932 e. The van der Waals surface area contributed by atoms with Gasteiger partial charge in [0.15, 0.2) is 0 Å². The van der Waals surface area contributed by atoms with Gasteiger partial charge in [-0.3, -0.25) is 5.10 Å². The lowest BCUT2D eigenvalue weighted by Crippen LogP contribution is -2.23. The number of benzene rings is 3. The van der Waals surface area contributed by atoms with E-state index in [-0.39, 0.29) is 16.2 Å². The van der Waals surface area contributed by atoms with Crippen molar-refractivity contribution in [1.29, 1.82) is 0 Å². The fourth-order valence-electron chi connectivity index (χ4n) is 7.40. The van der Waals surface area contributed by atoms with Crippen LogP contribution in [-0.4, -0.2) is 25.1 Å². The van der Waals surface area contributed by atoms with Gasteiger partial charge in [0.1, 0.15) is 0 Å². The minimum Gasteiger partial charge on any atom is -0.361 e. The van der Waals surface area contributed by atoms with Crippen LogP contribution < -0.4 is 0 Å². The maximum atomic E-state index is 4.86. The molecule has 218 valence electrons. The van der Waals surface area contributed by atoms with Gasteiger partial charge < -0.3 is 9.97 Å². The molecule has 3 aromatic heterocycles. The van der Waals surface area contributed by atoms with Crippen LogP contribution in [0, 0.1) is 13.8 Å². The van der Waals surface area contributed by atoms with Crippen molar-refractivity contribution in [1.82, 2.24) is 25.1 Å². The standard InChI is InChI=1S/C37H45N5/c1-21-11-14-27-30(31(21)36(6,7)8)29(42-41-27)17-24-15-22(2)32(34-33(24)39-20-40-34)37(9,10)18-23-12-13-25-26(35(3,4)5)19-38-28(25)16-23/h11-16,19-20,38H,17-18H2,1-10H3,(H,39,40)(H,41,42). The number of hydrogen-bond acceptors (Lipinski definition) is 2. The summed E-state index contributed by atoms with van der Waals surface area (Å²) in [6, 6.07) is 13.6. The van der Waals surface area contributed by atoms with Gasteiger partial charge in [-0.2, -0.15) is 5.10 Å². The van der Waals surface area contributed by atoms with Crippen LogP contribution in [0.15, 0.2) is 48.9 Å². The number of rotatable bonds is 5. The van der Waals surface area contributed by atoms with E-state index in [4.69, 9.17) is 10.1 Å². The van der Waals surface area contributed by atoms with Crippen LogP contribution >= 0.6 is 0 Å². The normalized spacial score (nSPS) is 13.2. The van der Waals surface area contributed by atoms with Crippen molar-refractivity contribution in [2.24, 2.45) is 0 Å². The third kappa shape index (κ3) is 4.73. The predicted octanol–water partition coefficient (Wildman–Crippen LogP) is 9.24. The quantitative estimate of drug-likeness (QED) is 0.197. The number of aryl methyl sites for hydroxylation is 2. The smallest absolute Gasteiger partial charge is 0.0932 e. The van der Waals surface area contributed by atoms with Crippen molar-refractivity contribution in [2.75, 3.05) is 0 Å². The molecule has 0 spiro atoms. The molecule has 42 heavy (non-hydrogen) atoms. The van der Waals surface area contributed by atoms with E-state index in [0.29, 0.717) is 0 Å². The number of H-pyrrole nitrogens is 3. The summed E-state index contributed by atoms with van der Waals surface area (Å²) in [5.74, 6) is 0. The zero-order valence-electron chi connectivity index (χ0n) is 26.9. The summed E-state index contributed by atoms with van der Waals surface area (Å²) in [5, 5.41) is 10.7. The molecule has 0 saturated heterocycles. The SMILES string of the molecule is Cc1cc(Cc2[nH]nc3ccc(C)c(C(C)(C)C)c23)c2nc[nH]c2c1C(C)(C)Cc1ccc2c(C(C)(C)C)c[nH]c2c1. The van der Waals surface area contributed by atoms with Crippen LogP contribution in [0.2, 0.25) is 0 Å².